The van der Waals surface area contributed by atoms with Gasteiger partial charge in [-0.2, -0.15) is 19.6 Å². The molecule has 0 aromatic rings. The first-order valence-corrected chi connectivity index (χ1v) is 8.52. The van der Waals surface area contributed by atoms with E-state index in [0.29, 0.717) is 13.0 Å². The van der Waals surface area contributed by atoms with Crippen molar-refractivity contribution in [2.75, 3.05) is 46.5 Å². The van der Waals surface area contributed by atoms with Gasteiger partial charge in [-0.1, -0.05) is 6.42 Å². The molecule has 24 heavy (non-hydrogen) atoms. The fourth-order valence-electron chi connectivity index (χ4n) is 1.35. The van der Waals surface area contributed by atoms with Crippen LogP contribution in [0, 0.1) is 0 Å². The molecule has 0 heterocycles. The normalized spacial score (nSPS) is 8.75. The Morgan fingerprint density at radius 2 is 1.75 bits per heavy atom. The summed E-state index contributed by atoms with van der Waals surface area (Å²) in [7, 11) is 5.67. The van der Waals surface area contributed by atoms with Crippen molar-refractivity contribution in [3.8, 4) is 0 Å². The third kappa shape index (κ3) is 43.4. The molecule has 0 aliphatic carbocycles. The van der Waals surface area contributed by atoms with Gasteiger partial charge in [-0.15, -0.1) is 0 Å². The van der Waals surface area contributed by atoms with Crippen LogP contribution in [0.5, 0.6) is 0 Å². The number of nitrogens with zero attached hydrogens (tertiary/aromatic N) is 1. The molecular formula is C16H34N3O3RbS. The molecule has 2 N–H and O–H groups in total. The van der Waals surface area contributed by atoms with Gasteiger partial charge in [0.25, 0.3) is 0 Å². The first-order chi connectivity index (χ1) is 11.0. The average Bonchev–Trinajstić information content (AvgIpc) is 2.49. The number of rotatable bonds is 11. The maximum atomic E-state index is 11.0. The summed E-state index contributed by atoms with van der Waals surface area (Å²) >= 11 is 4.03. The van der Waals surface area contributed by atoms with E-state index in [-0.39, 0.29) is 64.1 Å². The Morgan fingerprint density at radius 3 is 2.17 bits per heavy atom. The van der Waals surface area contributed by atoms with Gasteiger partial charge in [-0.05, 0) is 52.7 Å². The molecule has 0 aromatic heterocycles. The molecule has 0 radical (unpaired) electrons. The van der Waals surface area contributed by atoms with Crippen LogP contribution in [0.1, 0.15) is 39.0 Å². The number of hydrogen-bond acceptors (Lipinski definition) is 6. The molecule has 0 bridgehead atoms. The Balaban J connectivity index is -0.000000145. The predicted octanol–water partition coefficient (Wildman–Crippen LogP) is -1.93. The van der Waals surface area contributed by atoms with E-state index in [9.17, 15) is 9.59 Å². The van der Waals surface area contributed by atoms with Crippen LogP contribution >= 0.6 is 12.6 Å². The van der Waals surface area contributed by atoms with Crippen molar-refractivity contribution in [1.82, 2.24) is 15.5 Å². The molecule has 0 unspecified atom stereocenters. The molecule has 0 saturated carbocycles. The zero-order valence-corrected chi connectivity index (χ0v) is 21.9. The average molecular weight is 434 g/mol. The van der Waals surface area contributed by atoms with E-state index in [1.165, 1.54) is 13.2 Å². The molecule has 8 heteroatoms. The van der Waals surface area contributed by atoms with Gasteiger partial charge in [0.1, 0.15) is 6.29 Å². The minimum absolute atomic E-state index is 0. The first-order valence-electron chi connectivity index (χ1n) is 7.89. The summed E-state index contributed by atoms with van der Waals surface area (Å²) in [6.45, 7) is 3.50. The summed E-state index contributed by atoms with van der Waals surface area (Å²) in [4.78, 5) is 31.3. The van der Waals surface area contributed by atoms with Crippen molar-refractivity contribution in [3.05, 3.63) is 0 Å². The fourth-order valence-corrected chi connectivity index (χ4v) is 1.58. The number of aldehydes is 1. The number of hydrogen-bond donors (Lipinski definition) is 3. The van der Waals surface area contributed by atoms with Gasteiger partial charge in [-0.3, -0.25) is 11.1 Å². The summed E-state index contributed by atoms with van der Waals surface area (Å²) in [5.41, 5.74) is 0. The molecule has 0 aromatic carbocycles. The van der Waals surface area contributed by atoms with Crippen molar-refractivity contribution in [1.29, 1.82) is 0 Å². The van der Waals surface area contributed by atoms with Crippen molar-refractivity contribution in [2.45, 2.75) is 39.0 Å². The number of amides is 1. The van der Waals surface area contributed by atoms with Gasteiger partial charge in [0, 0.05) is 13.0 Å². The second kappa shape index (κ2) is 31.6. The summed E-state index contributed by atoms with van der Waals surface area (Å²) < 4.78 is 0. The van der Waals surface area contributed by atoms with Crippen LogP contribution in [0.15, 0.2) is 0 Å². The van der Waals surface area contributed by atoms with E-state index in [1.54, 1.807) is 0 Å². The third-order valence-corrected chi connectivity index (χ3v) is 2.68. The monoisotopic (exact) mass is 433 g/mol. The molecule has 0 aliphatic heterocycles. The second-order valence-corrected chi connectivity index (χ2v) is 5.44. The van der Waals surface area contributed by atoms with E-state index >= 15 is 0 Å². The molecular weight excluding hydrogens is 400 g/mol. The predicted molar refractivity (Wildman–Crippen MR) is 99.9 cm³/mol. The molecule has 0 spiro atoms. The maximum Gasteiger partial charge on any atom is 1.00 e. The molecule has 138 valence electrons. The van der Waals surface area contributed by atoms with Gasteiger partial charge in [0.15, 0.2) is 0 Å². The molecule has 0 rings (SSSR count). The van der Waals surface area contributed by atoms with E-state index in [4.69, 9.17) is 4.79 Å². The van der Waals surface area contributed by atoms with Gasteiger partial charge >= 0.3 is 58.2 Å². The minimum atomic E-state index is 0. The van der Waals surface area contributed by atoms with Crippen molar-refractivity contribution < 1.29 is 72.6 Å². The number of unbranched alkanes of at least 4 members (excludes halogenated alkanes) is 3. The van der Waals surface area contributed by atoms with E-state index < -0.39 is 0 Å². The zero-order valence-electron chi connectivity index (χ0n) is 16.1. The standard InChI is InChI=1S/C8H19N3O.C6H12OS.C2H3O.Rb/c1-9-5-4-6-10-8(12)7-11(2)3;7-5-3-1-2-4-6-8;1-2-3;/h9H,4-7H2,1-3H3,(H,10,12);5,8H,1-4,6H2;1H3;/q;;-1;+1. The SMILES string of the molecule is CNCCCNC(=O)CN(C)C.C[C-]=O.O=CCCCCCS.[Rb+]. The second-order valence-electron chi connectivity index (χ2n) is 4.99. The number of nitrogens with one attached hydrogen (secondary N) is 2. The number of carbonyl (C=O) groups is 2. The van der Waals surface area contributed by atoms with E-state index in [2.05, 4.69) is 23.3 Å². The van der Waals surface area contributed by atoms with Crippen molar-refractivity contribution in [3.63, 3.8) is 0 Å². The molecule has 0 atom stereocenters. The first kappa shape index (κ1) is 32.5. The van der Waals surface area contributed by atoms with Gasteiger partial charge in [-0.25, -0.2) is 0 Å². The van der Waals surface area contributed by atoms with Crippen LogP contribution in [0.3, 0.4) is 0 Å². The smallest absolute Gasteiger partial charge is 0.542 e. The maximum absolute atomic E-state index is 11.0. The Bertz CT molecular complexity index is 271. The van der Waals surface area contributed by atoms with Gasteiger partial charge < -0.3 is 25.1 Å². The Labute approximate surface area is 202 Å². The Hall–Kier alpha value is 0.885. The number of carbonyl (C=O) groups excluding carboxylic acids is 3. The van der Waals surface area contributed by atoms with Gasteiger partial charge in [0.05, 0.1) is 6.54 Å². The largest absolute Gasteiger partial charge is 1.00 e. The van der Waals surface area contributed by atoms with Crippen LogP contribution in [-0.2, 0) is 14.4 Å². The third-order valence-electron chi connectivity index (χ3n) is 2.37. The van der Waals surface area contributed by atoms with E-state index in [1.807, 2.05) is 26.0 Å². The fraction of sp³-hybridized carbons (Fsp3) is 0.812. The quantitative estimate of drug-likeness (QED) is 0.153. The van der Waals surface area contributed by atoms with Crippen LogP contribution in [0.4, 0.5) is 0 Å². The van der Waals surface area contributed by atoms with Crippen molar-refractivity contribution in [2.24, 2.45) is 0 Å². The topological polar surface area (TPSA) is 78.5 Å². The zero-order chi connectivity index (χ0) is 18.3. The molecule has 0 aliphatic rings. The van der Waals surface area contributed by atoms with Crippen LogP contribution < -0.4 is 68.8 Å². The molecule has 1 amide bonds. The summed E-state index contributed by atoms with van der Waals surface area (Å²) in [6, 6.07) is 0. The molecule has 6 nitrogen and oxygen atoms in total. The van der Waals surface area contributed by atoms with Gasteiger partial charge in [0.2, 0.25) is 5.91 Å². The Kier molecular flexibility index (Phi) is 42.9. The number of thiol groups is 1. The van der Waals surface area contributed by atoms with Crippen LogP contribution in [0.2, 0.25) is 0 Å². The molecule has 0 saturated heterocycles. The minimum Gasteiger partial charge on any atom is -0.542 e. The summed E-state index contributed by atoms with van der Waals surface area (Å²) in [5, 5.41) is 5.85. The van der Waals surface area contributed by atoms with Crippen LogP contribution in [-0.4, -0.2) is 69.9 Å². The van der Waals surface area contributed by atoms with Crippen LogP contribution in [0.25, 0.3) is 0 Å². The Morgan fingerprint density at radius 1 is 1.17 bits per heavy atom. The van der Waals surface area contributed by atoms with Crippen molar-refractivity contribution >= 4 is 31.1 Å². The molecule has 0 fully saturated rings. The summed E-state index contributed by atoms with van der Waals surface area (Å²) in [6.07, 6.45) is 7.48. The summed E-state index contributed by atoms with van der Waals surface area (Å²) in [5.74, 6) is 1.04. The van der Waals surface area contributed by atoms with E-state index in [0.717, 1.165) is 50.8 Å². The number of likely N-dealkylation sites (N-methyl/N-ethyl adjacent to an activating group) is 1.